The molecule has 0 spiro atoms. The van der Waals surface area contributed by atoms with E-state index in [0.717, 1.165) is 32.6 Å². The standard InChI is InChI=1S/C14H19N3O/c1-10(18)17-6-5-12(9-17)16-14-4-2-3-11-7-15-8-13(11)14/h2-4,12,15-16H,5-9H2,1H3/t12-/m1/s1. The van der Waals surface area contributed by atoms with Gasteiger partial charge in [-0.05, 0) is 23.6 Å². The summed E-state index contributed by atoms with van der Waals surface area (Å²) >= 11 is 0. The number of hydrogen-bond acceptors (Lipinski definition) is 3. The first-order chi connectivity index (χ1) is 8.74. The Hall–Kier alpha value is -1.55. The summed E-state index contributed by atoms with van der Waals surface area (Å²) in [6.45, 7) is 5.26. The van der Waals surface area contributed by atoms with Gasteiger partial charge in [-0.15, -0.1) is 0 Å². The number of carbonyl (C=O) groups excluding carboxylic acids is 1. The lowest BCUT2D eigenvalue weighted by atomic mass is 10.1. The van der Waals surface area contributed by atoms with Crippen LogP contribution in [-0.4, -0.2) is 29.9 Å². The molecule has 18 heavy (non-hydrogen) atoms. The van der Waals surface area contributed by atoms with E-state index in [4.69, 9.17) is 0 Å². The molecule has 2 aliphatic heterocycles. The summed E-state index contributed by atoms with van der Waals surface area (Å²) < 4.78 is 0. The summed E-state index contributed by atoms with van der Waals surface area (Å²) in [5, 5.41) is 6.97. The maximum absolute atomic E-state index is 11.3. The second-order valence-electron chi connectivity index (χ2n) is 5.14. The van der Waals surface area contributed by atoms with Crippen LogP contribution in [0.15, 0.2) is 18.2 Å². The van der Waals surface area contributed by atoms with Crippen LogP contribution in [0.2, 0.25) is 0 Å². The summed E-state index contributed by atoms with van der Waals surface area (Å²) in [5.74, 6) is 0.180. The Morgan fingerprint density at radius 2 is 2.33 bits per heavy atom. The first kappa shape index (κ1) is 11.5. The van der Waals surface area contributed by atoms with Gasteiger partial charge in [0, 0.05) is 44.8 Å². The summed E-state index contributed by atoms with van der Waals surface area (Å²) in [6, 6.07) is 6.81. The molecule has 2 heterocycles. The molecule has 3 rings (SSSR count). The highest BCUT2D eigenvalue weighted by Crippen LogP contribution is 2.26. The van der Waals surface area contributed by atoms with Crippen molar-refractivity contribution in [3.63, 3.8) is 0 Å². The molecule has 0 aliphatic carbocycles. The average Bonchev–Trinajstić information content (AvgIpc) is 2.97. The van der Waals surface area contributed by atoms with Crippen molar-refractivity contribution in [2.75, 3.05) is 18.4 Å². The van der Waals surface area contributed by atoms with Gasteiger partial charge in [-0.1, -0.05) is 12.1 Å². The van der Waals surface area contributed by atoms with Crippen molar-refractivity contribution in [2.45, 2.75) is 32.5 Å². The SMILES string of the molecule is CC(=O)N1CC[C@@H](Nc2cccc3c2CNC3)C1. The van der Waals surface area contributed by atoms with Gasteiger partial charge in [0.1, 0.15) is 0 Å². The average molecular weight is 245 g/mol. The van der Waals surface area contributed by atoms with E-state index in [-0.39, 0.29) is 5.91 Å². The minimum Gasteiger partial charge on any atom is -0.380 e. The Kier molecular flexibility index (Phi) is 2.96. The lowest BCUT2D eigenvalue weighted by molar-refractivity contribution is -0.127. The molecule has 4 nitrogen and oxygen atoms in total. The van der Waals surface area contributed by atoms with Crippen LogP contribution < -0.4 is 10.6 Å². The van der Waals surface area contributed by atoms with Crippen molar-refractivity contribution < 1.29 is 4.79 Å². The minimum atomic E-state index is 0.180. The molecule has 0 unspecified atom stereocenters. The van der Waals surface area contributed by atoms with E-state index in [9.17, 15) is 4.79 Å². The molecule has 0 aromatic heterocycles. The van der Waals surface area contributed by atoms with Crippen LogP contribution in [0, 0.1) is 0 Å². The maximum Gasteiger partial charge on any atom is 0.219 e. The van der Waals surface area contributed by atoms with Gasteiger partial charge in [0.15, 0.2) is 0 Å². The van der Waals surface area contributed by atoms with Gasteiger partial charge in [-0.3, -0.25) is 4.79 Å². The van der Waals surface area contributed by atoms with Crippen molar-refractivity contribution in [3.8, 4) is 0 Å². The second-order valence-corrected chi connectivity index (χ2v) is 5.14. The molecule has 4 heteroatoms. The molecule has 1 aromatic carbocycles. The Morgan fingerprint density at radius 3 is 3.11 bits per heavy atom. The van der Waals surface area contributed by atoms with E-state index < -0.39 is 0 Å². The number of fused-ring (bicyclic) bond motifs is 1. The molecular weight excluding hydrogens is 226 g/mol. The number of hydrogen-bond donors (Lipinski definition) is 2. The first-order valence-corrected chi connectivity index (χ1v) is 6.57. The maximum atomic E-state index is 11.3. The molecule has 0 saturated carbocycles. The highest BCUT2D eigenvalue weighted by atomic mass is 16.2. The highest BCUT2D eigenvalue weighted by Gasteiger charge is 2.25. The number of rotatable bonds is 2. The molecule has 1 saturated heterocycles. The van der Waals surface area contributed by atoms with Crippen LogP contribution in [0.4, 0.5) is 5.69 Å². The van der Waals surface area contributed by atoms with Gasteiger partial charge in [-0.2, -0.15) is 0 Å². The van der Waals surface area contributed by atoms with Crippen LogP contribution in [0.25, 0.3) is 0 Å². The van der Waals surface area contributed by atoms with Crippen molar-refractivity contribution in [2.24, 2.45) is 0 Å². The van der Waals surface area contributed by atoms with Gasteiger partial charge in [-0.25, -0.2) is 0 Å². The molecule has 1 fully saturated rings. The number of nitrogens with zero attached hydrogens (tertiary/aromatic N) is 1. The molecule has 2 N–H and O–H groups in total. The topological polar surface area (TPSA) is 44.4 Å². The number of carbonyl (C=O) groups is 1. The monoisotopic (exact) mass is 245 g/mol. The number of benzene rings is 1. The minimum absolute atomic E-state index is 0.180. The van der Waals surface area contributed by atoms with E-state index in [1.54, 1.807) is 6.92 Å². The van der Waals surface area contributed by atoms with E-state index in [2.05, 4.69) is 28.8 Å². The third kappa shape index (κ3) is 2.08. The molecule has 1 amide bonds. The molecular formula is C14H19N3O. The molecule has 0 radical (unpaired) electrons. The zero-order valence-corrected chi connectivity index (χ0v) is 10.7. The van der Waals surface area contributed by atoms with Crippen molar-refractivity contribution in [1.82, 2.24) is 10.2 Å². The summed E-state index contributed by atoms with van der Waals surface area (Å²) in [6.07, 6.45) is 1.04. The molecule has 1 aromatic rings. The second kappa shape index (κ2) is 4.61. The van der Waals surface area contributed by atoms with Crippen molar-refractivity contribution in [1.29, 1.82) is 0 Å². The largest absolute Gasteiger partial charge is 0.380 e. The third-order valence-electron chi connectivity index (χ3n) is 3.88. The van der Waals surface area contributed by atoms with Gasteiger partial charge in [0.05, 0.1) is 0 Å². The quantitative estimate of drug-likeness (QED) is 0.826. The Balaban J connectivity index is 1.71. The zero-order chi connectivity index (χ0) is 12.5. The van der Waals surface area contributed by atoms with Gasteiger partial charge < -0.3 is 15.5 Å². The van der Waals surface area contributed by atoms with Crippen LogP contribution in [0.3, 0.4) is 0 Å². The summed E-state index contributed by atoms with van der Waals surface area (Å²) in [7, 11) is 0. The third-order valence-corrected chi connectivity index (χ3v) is 3.88. The van der Waals surface area contributed by atoms with E-state index in [1.807, 2.05) is 4.90 Å². The summed E-state index contributed by atoms with van der Waals surface area (Å²) in [4.78, 5) is 13.2. The van der Waals surface area contributed by atoms with Crippen LogP contribution in [0.1, 0.15) is 24.5 Å². The number of amides is 1. The smallest absolute Gasteiger partial charge is 0.219 e. The predicted molar refractivity (Wildman–Crippen MR) is 71.3 cm³/mol. The number of anilines is 1. The first-order valence-electron chi connectivity index (χ1n) is 6.57. The molecule has 0 bridgehead atoms. The number of likely N-dealkylation sites (tertiary alicyclic amines) is 1. The number of nitrogens with one attached hydrogen (secondary N) is 2. The van der Waals surface area contributed by atoms with Crippen LogP contribution in [0.5, 0.6) is 0 Å². The van der Waals surface area contributed by atoms with Crippen molar-refractivity contribution >= 4 is 11.6 Å². The van der Waals surface area contributed by atoms with Crippen LogP contribution in [-0.2, 0) is 17.9 Å². The predicted octanol–water partition coefficient (Wildman–Crippen LogP) is 1.32. The fourth-order valence-electron chi connectivity index (χ4n) is 2.85. The molecule has 2 aliphatic rings. The zero-order valence-electron chi connectivity index (χ0n) is 10.7. The van der Waals surface area contributed by atoms with E-state index in [1.165, 1.54) is 16.8 Å². The Bertz CT molecular complexity index is 472. The Morgan fingerprint density at radius 1 is 1.44 bits per heavy atom. The fourth-order valence-corrected chi connectivity index (χ4v) is 2.85. The summed E-state index contributed by atoms with van der Waals surface area (Å²) in [5.41, 5.74) is 4.01. The lowest BCUT2D eigenvalue weighted by Gasteiger charge is -2.18. The normalized spacial score (nSPS) is 22.1. The molecule has 1 atom stereocenters. The van der Waals surface area contributed by atoms with Gasteiger partial charge in [0.2, 0.25) is 5.91 Å². The van der Waals surface area contributed by atoms with E-state index >= 15 is 0 Å². The van der Waals surface area contributed by atoms with Crippen LogP contribution >= 0.6 is 0 Å². The lowest BCUT2D eigenvalue weighted by Crippen LogP contribution is -2.29. The highest BCUT2D eigenvalue weighted by molar-refractivity contribution is 5.73. The van der Waals surface area contributed by atoms with E-state index in [0.29, 0.717) is 6.04 Å². The van der Waals surface area contributed by atoms with Gasteiger partial charge >= 0.3 is 0 Å². The Labute approximate surface area is 107 Å². The fraction of sp³-hybridized carbons (Fsp3) is 0.500. The van der Waals surface area contributed by atoms with Gasteiger partial charge in [0.25, 0.3) is 0 Å². The van der Waals surface area contributed by atoms with Crippen molar-refractivity contribution in [3.05, 3.63) is 29.3 Å². The molecule has 96 valence electrons.